The Kier molecular flexibility index (Phi) is 8.63. The molecule has 0 fully saturated rings. The Bertz CT molecular complexity index is 883. The van der Waals surface area contributed by atoms with Crippen molar-refractivity contribution in [1.82, 2.24) is 0 Å². The molecule has 0 saturated carbocycles. The number of ketones is 1. The molecule has 3 aromatic rings. The van der Waals surface area contributed by atoms with Crippen molar-refractivity contribution in [3.8, 4) is 0 Å². The Morgan fingerprint density at radius 1 is 0.724 bits per heavy atom. The number of rotatable bonds is 7. The average molecular weight is 471 g/mol. The van der Waals surface area contributed by atoms with Crippen LogP contribution in [0.15, 0.2) is 91.0 Å². The molecule has 3 nitrogen and oxygen atoms in total. The molecule has 0 unspecified atom stereocenters. The zero-order valence-electron chi connectivity index (χ0n) is 16.2. The average Bonchev–Trinajstić information content (AvgIpc) is 2.77. The van der Waals surface area contributed by atoms with Crippen molar-refractivity contribution < 1.29 is 14.3 Å². The first kappa shape index (κ1) is 22.9. The molecule has 3 aromatic carbocycles. The van der Waals surface area contributed by atoms with Crippen LogP contribution >= 0.6 is 23.9 Å². The van der Waals surface area contributed by atoms with E-state index in [-0.39, 0.29) is 41.6 Å². The standard InChI is InChI=1S/C24H23O3P.BrH/c1-27-24(26)18-17-20(25)19-28(21-11-5-2-6-12-21,22-13-7-3-8-14-22)23-15-9-4-10-16-23;/h2-16,19H,17-18H2,1H3;1H. The third kappa shape index (κ3) is 5.35. The smallest absolute Gasteiger partial charge is 0.305 e. The van der Waals surface area contributed by atoms with Gasteiger partial charge in [-0.25, -0.2) is 0 Å². The van der Waals surface area contributed by atoms with Gasteiger partial charge in [0, 0.05) is 6.42 Å². The summed E-state index contributed by atoms with van der Waals surface area (Å²) in [5.41, 5.74) is 0. The van der Waals surface area contributed by atoms with E-state index in [4.69, 9.17) is 0 Å². The Labute approximate surface area is 182 Å². The summed E-state index contributed by atoms with van der Waals surface area (Å²) in [6, 6.07) is 30.4. The minimum Gasteiger partial charge on any atom is -0.469 e. The predicted octanol–water partition coefficient (Wildman–Crippen LogP) is 3.88. The van der Waals surface area contributed by atoms with Crippen LogP contribution in [-0.2, 0) is 14.3 Å². The highest BCUT2D eigenvalue weighted by molar-refractivity contribution is 8.93. The van der Waals surface area contributed by atoms with Crippen LogP contribution in [0.2, 0.25) is 0 Å². The molecule has 0 aliphatic rings. The van der Waals surface area contributed by atoms with Gasteiger partial charge in [0.2, 0.25) is 0 Å². The van der Waals surface area contributed by atoms with E-state index in [9.17, 15) is 9.59 Å². The summed E-state index contributed by atoms with van der Waals surface area (Å²) < 4.78 is 4.69. The number of methoxy groups -OCH3 is 1. The summed E-state index contributed by atoms with van der Waals surface area (Å²) in [4.78, 5) is 24.5. The van der Waals surface area contributed by atoms with Gasteiger partial charge in [-0.05, 0) is 28.6 Å². The summed E-state index contributed by atoms with van der Waals surface area (Å²) in [7, 11) is 1.34. The van der Waals surface area contributed by atoms with Crippen molar-refractivity contribution in [3.05, 3.63) is 91.0 Å². The van der Waals surface area contributed by atoms with Gasteiger partial charge in [0.15, 0.2) is 5.78 Å². The maximum atomic E-state index is 13.0. The zero-order chi connectivity index (χ0) is 19.8. The molecule has 0 spiro atoms. The van der Waals surface area contributed by atoms with Crippen molar-refractivity contribution in [2.24, 2.45) is 0 Å². The highest BCUT2D eigenvalue weighted by Crippen LogP contribution is 2.43. The minimum absolute atomic E-state index is 0. The molecule has 0 heterocycles. The van der Waals surface area contributed by atoms with Gasteiger partial charge in [-0.3, -0.25) is 9.59 Å². The number of ether oxygens (including phenoxy) is 1. The number of carbonyl (C=O) groups excluding carboxylic acids is 2. The molecule has 5 heteroatoms. The zero-order valence-corrected chi connectivity index (χ0v) is 18.8. The first-order valence-corrected chi connectivity index (χ1v) is 11.0. The minimum atomic E-state index is -2.30. The fraction of sp³-hybridized carbons (Fsp3) is 0.125. The summed E-state index contributed by atoms with van der Waals surface area (Å²) in [6.45, 7) is -2.30. The van der Waals surface area contributed by atoms with Crippen LogP contribution in [0.1, 0.15) is 12.8 Å². The molecule has 0 atom stereocenters. The highest BCUT2D eigenvalue weighted by atomic mass is 79.9. The second kappa shape index (κ2) is 10.9. The van der Waals surface area contributed by atoms with Crippen molar-refractivity contribution in [1.29, 1.82) is 0 Å². The molecule has 0 bridgehead atoms. The van der Waals surface area contributed by atoms with Crippen LogP contribution in [0.25, 0.3) is 0 Å². The molecule has 0 saturated heterocycles. The highest BCUT2D eigenvalue weighted by Gasteiger charge is 2.26. The van der Waals surface area contributed by atoms with Crippen molar-refractivity contribution in [3.63, 3.8) is 0 Å². The number of hydrogen-bond acceptors (Lipinski definition) is 3. The van der Waals surface area contributed by atoms with Crippen LogP contribution in [0.5, 0.6) is 0 Å². The van der Waals surface area contributed by atoms with Gasteiger partial charge >= 0.3 is 5.97 Å². The lowest BCUT2D eigenvalue weighted by Gasteiger charge is -2.28. The quantitative estimate of drug-likeness (QED) is 0.388. The van der Waals surface area contributed by atoms with Crippen LogP contribution in [0.3, 0.4) is 0 Å². The molecule has 0 amide bonds. The van der Waals surface area contributed by atoms with Gasteiger partial charge in [-0.2, -0.15) is 0 Å². The van der Waals surface area contributed by atoms with Gasteiger partial charge in [0.25, 0.3) is 0 Å². The molecule has 29 heavy (non-hydrogen) atoms. The lowest BCUT2D eigenvalue weighted by molar-refractivity contribution is -0.141. The van der Waals surface area contributed by atoms with E-state index in [1.807, 2.05) is 60.4 Å². The first-order valence-electron chi connectivity index (χ1n) is 9.18. The summed E-state index contributed by atoms with van der Waals surface area (Å²) in [5.74, 6) is 1.44. The molecule has 0 N–H and O–H groups in total. The molecule has 0 aromatic heterocycles. The molecule has 0 aliphatic carbocycles. The van der Waals surface area contributed by atoms with Crippen LogP contribution in [-0.4, -0.2) is 24.7 Å². The van der Waals surface area contributed by atoms with Gasteiger partial charge in [-0.1, -0.05) is 91.0 Å². The number of halogens is 1. The molecule has 0 radical (unpaired) electrons. The number of hydrogen-bond donors (Lipinski definition) is 0. The van der Waals surface area contributed by atoms with Gasteiger partial charge in [0.1, 0.15) is 0 Å². The van der Waals surface area contributed by atoms with E-state index < -0.39 is 6.89 Å². The summed E-state index contributed by atoms with van der Waals surface area (Å²) in [6.07, 6.45) is 0.227. The van der Waals surface area contributed by atoms with E-state index >= 15 is 0 Å². The Morgan fingerprint density at radius 2 is 1.10 bits per heavy atom. The summed E-state index contributed by atoms with van der Waals surface area (Å²) >= 11 is 0. The van der Waals surface area contributed by atoms with Crippen molar-refractivity contribution in [2.75, 3.05) is 7.11 Å². The molecular weight excluding hydrogens is 447 g/mol. The second-order valence-corrected chi connectivity index (χ2v) is 9.65. The second-order valence-electron chi connectivity index (χ2n) is 6.40. The number of esters is 1. The Hall–Kier alpha value is -2.42. The molecule has 3 rings (SSSR count). The largest absolute Gasteiger partial charge is 0.469 e. The normalized spacial score (nSPS) is 10.5. The lowest BCUT2D eigenvalue weighted by atomic mass is 10.2. The van der Waals surface area contributed by atoms with Crippen molar-refractivity contribution >= 4 is 57.3 Å². The molecule has 150 valence electrons. The van der Waals surface area contributed by atoms with Gasteiger partial charge in [-0.15, -0.1) is 17.0 Å². The van der Waals surface area contributed by atoms with Gasteiger partial charge < -0.3 is 4.74 Å². The van der Waals surface area contributed by atoms with E-state index in [2.05, 4.69) is 41.1 Å². The number of benzene rings is 3. The first-order chi connectivity index (χ1) is 13.7. The topological polar surface area (TPSA) is 43.4 Å². The summed E-state index contributed by atoms with van der Waals surface area (Å²) in [5, 5.41) is 3.33. The fourth-order valence-electron chi connectivity index (χ4n) is 3.27. The number of carbonyl (C=O) groups is 2. The Morgan fingerprint density at radius 3 is 1.45 bits per heavy atom. The van der Waals surface area contributed by atoms with E-state index in [1.165, 1.54) is 7.11 Å². The van der Waals surface area contributed by atoms with Gasteiger partial charge in [0.05, 0.1) is 13.5 Å². The number of Topliss-reactive ketones (excluding diaryl/α,β-unsaturated/α-hetero) is 1. The lowest BCUT2D eigenvalue weighted by Crippen LogP contribution is -2.28. The third-order valence-electron chi connectivity index (χ3n) is 4.63. The third-order valence-corrected chi connectivity index (χ3v) is 8.64. The maximum Gasteiger partial charge on any atom is 0.305 e. The maximum absolute atomic E-state index is 13.0. The van der Waals surface area contributed by atoms with Crippen LogP contribution < -0.4 is 15.9 Å². The SMILES string of the molecule is Br.COC(=O)CCC(=O)C=P(c1ccccc1)(c1ccccc1)c1ccccc1. The van der Waals surface area contributed by atoms with Crippen LogP contribution in [0, 0.1) is 0 Å². The Balaban J connectivity index is 0.00000300. The molecule has 0 aliphatic heterocycles. The monoisotopic (exact) mass is 470 g/mol. The van der Waals surface area contributed by atoms with E-state index in [0.29, 0.717) is 0 Å². The van der Waals surface area contributed by atoms with Crippen LogP contribution in [0.4, 0.5) is 0 Å². The van der Waals surface area contributed by atoms with E-state index in [0.717, 1.165) is 15.9 Å². The predicted molar refractivity (Wildman–Crippen MR) is 128 cm³/mol. The van der Waals surface area contributed by atoms with E-state index in [1.54, 1.807) is 0 Å². The molecular formula is C24H24BrO3P. The fourth-order valence-corrected chi connectivity index (χ4v) is 7.10. The van der Waals surface area contributed by atoms with Crippen molar-refractivity contribution in [2.45, 2.75) is 12.8 Å².